The van der Waals surface area contributed by atoms with Crippen molar-refractivity contribution in [3.8, 4) is 23.0 Å². The molecule has 2 saturated heterocycles. The molecule has 4 aliphatic heterocycles. The molecule has 0 aliphatic carbocycles. The number of fused-ring (bicyclic) bond motifs is 2. The zero-order valence-electron chi connectivity index (χ0n) is 54.3. The van der Waals surface area contributed by atoms with E-state index in [0.29, 0.717) is 107 Å². The molecule has 94 heavy (non-hydrogen) atoms. The average Bonchev–Trinajstić information content (AvgIpc) is 1.60. The van der Waals surface area contributed by atoms with E-state index in [1.807, 2.05) is 60.7 Å². The smallest absolute Gasteiger partial charge is 0.264 e. The van der Waals surface area contributed by atoms with Gasteiger partial charge < -0.3 is 43.9 Å². The molecule has 2 fully saturated rings. The number of nitrogens with zero attached hydrogens (tertiary/aromatic N) is 9. The first-order chi connectivity index (χ1) is 45.8. The van der Waals surface area contributed by atoms with Crippen LogP contribution in [0.4, 0.5) is 17.3 Å². The van der Waals surface area contributed by atoms with Crippen molar-refractivity contribution < 1.29 is 47.4 Å². The highest BCUT2D eigenvalue weighted by Crippen LogP contribution is 2.43. The Morgan fingerprint density at radius 3 is 1.38 bits per heavy atom. The fourth-order valence-electron chi connectivity index (χ4n) is 13.3. The molecule has 5 amide bonds. The maximum Gasteiger partial charge on any atom is 0.264 e. The van der Waals surface area contributed by atoms with Gasteiger partial charge in [0.25, 0.3) is 29.5 Å². The molecule has 21 nitrogen and oxygen atoms in total. The number of aromatic nitrogens is 3. The van der Waals surface area contributed by atoms with Gasteiger partial charge in [0.05, 0.1) is 80.3 Å². The van der Waals surface area contributed by atoms with Gasteiger partial charge in [-0.15, -0.1) is 0 Å². The van der Waals surface area contributed by atoms with Crippen molar-refractivity contribution in [2.24, 2.45) is 0 Å². The lowest BCUT2D eigenvalue weighted by Crippen LogP contribution is -2.47. The number of methoxy groups -OCH3 is 4. The van der Waals surface area contributed by atoms with Crippen LogP contribution in [0.3, 0.4) is 0 Å². The second kappa shape index (κ2) is 30.1. The normalized spacial score (nSPS) is 16.2. The number of carbonyl (C=O) groups excluding carboxylic acids is 5. The highest BCUT2D eigenvalue weighted by atomic mass is 16.5. The number of hydrogen-bond acceptors (Lipinski definition) is 18. The van der Waals surface area contributed by atoms with E-state index < -0.39 is 12.1 Å². The zero-order valence-corrected chi connectivity index (χ0v) is 54.3. The van der Waals surface area contributed by atoms with Crippen LogP contribution >= 0.6 is 0 Å². The maximum atomic E-state index is 14.4. The Labute approximate surface area is 548 Å². The third kappa shape index (κ3) is 14.0. The first-order valence-corrected chi connectivity index (χ1v) is 32.1. The van der Waals surface area contributed by atoms with E-state index in [2.05, 4.69) is 108 Å². The molecular weight excluding hydrogens is 1190 g/mol. The predicted molar refractivity (Wildman–Crippen MR) is 358 cm³/mol. The third-order valence-electron chi connectivity index (χ3n) is 18.5. The van der Waals surface area contributed by atoms with Crippen LogP contribution in [-0.4, -0.2) is 158 Å². The fraction of sp³-hybridized carbons (Fsp3) is 0.342. The van der Waals surface area contributed by atoms with Crippen molar-refractivity contribution >= 4 is 46.9 Å². The molecule has 0 saturated carbocycles. The Hall–Kier alpha value is -10.1. The molecule has 6 aromatic carbocycles. The molecule has 2 aromatic heterocycles. The van der Waals surface area contributed by atoms with Gasteiger partial charge in [-0.05, 0) is 123 Å². The van der Waals surface area contributed by atoms with Crippen LogP contribution in [0.1, 0.15) is 144 Å². The number of imide groups is 2. The van der Waals surface area contributed by atoms with Crippen LogP contribution in [0, 0.1) is 6.92 Å². The number of benzene rings is 6. The molecule has 488 valence electrons. The first kappa shape index (κ1) is 65.4. The summed E-state index contributed by atoms with van der Waals surface area (Å²) in [5.74, 6) is 1.63. The number of amides is 5. The monoisotopic (exact) mass is 1270 g/mol. The summed E-state index contributed by atoms with van der Waals surface area (Å²) in [5.41, 5.74) is 7.84. The van der Waals surface area contributed by atoms with E-state index in [4.69, 9.17) is 23.5 Å². The average molecular weight is 1270 g/mol. The zero-order chi connectivity index (χ0) is 65.8. The van der Waals surface area contributed by atoms with Crippen LogP contribution in [0.5, 0.6) is 23.0 Å². The number of piperazine rings is 2. The Morgan fingerprint density at radius 1 is 0.511 bits per heavy atom. The lowest BCUT2D eigenvalue weighted by molar-refractivity contribution is 0.0557. The van der Waals surface area contributed by atoms with Crippen molar-refractivity contribution in [2.75, 3.05) is 109 Å². The van der Waals surface area contributed by atoms with Crippen molar-refractivity contribution in [3.63, 3.8) is 0 Å². The minimum Gasteiger partial charge on any atom is -0.493 e. The molecule has 8 aromatic rings. The number of ether oxygens (including phenoxy) is 4. The second-order valence-electron chi connectivity index (χ2n) is 23.7. The van der Waals surface area contributed by atoms with Gasteiger partial charge in [-0.25, -0.2) is 9.97 Å². The minimum atomic E-state index is -0.608. The number of anilines is 3. The Balaban J connectivity index is 0.000000192. The molecular formula is C73H81N11O10. The lowest BCUT2D eigenvalue weighted by Gasteiger charge is -2.39. The van der Waals surface area contributed by atoms with E-state index in [9.17, 15) is 24.0 Å². The van der Waals surface area contributed by atoms with E-state index in [1.54, 1.807) is 78.1 Å². The molecule has 2 N–H and O–H groups in total. The predicted octanol–water partition coefficient (Wildman–Crippen LogP) is 11.0. The summed E-state index contributed by atoms with van der Waals surface area (Å²) in [7, 11) is 6.27. The molecule has 0 unspecified atom stereocenters. The second-order valence-corrected chi connectivity index (χ2v) is 23.7. The maximum absolute atomic E-state index is 14.4. The van der Waals surface area contributed by atoms with Crippen LogP contribution < -0.4 is 39.4 Å². The number of nitrogens with one attached hydrogen (secondary N) is 2. The Kier molecular flexibility index (Phi) is 20.9. The topological polar surface area (TPSA) is 218 Å². The molecule has 12 rings (SSSR count). The van der Waals surface area contributed by atoms with Gasteiger partial charge in [0.15, 0.2) is 23.0 Å². The molecule has 4 atom stereocenters. The van der Waals surface area contributed by atoms with Gasteiger partial charge in [-0.1, -0.05) is 90.1 Å². The summed E-state index contributed by atoms with van der Waals surface area (Å²) in [6.45, 7) is 13.4. The quantitative estimate of drug-likeness (QED) is 0.0424. The van der Waals surface area contributed by atoms with E-state index in [1.165, 1.54) is 27.1 Å². The molecule has 0 radical (unpaired) electrons. The van der Waals surface area contributed by atoms with Crippen molar-refractivity contribution in [1.29, 1.82) is 0 Å². The van der Waals surface area contributed by atoms with Crippen LogP contribution in [0.25, 0.3) is 0 Å². The van der Waals surface area contributed by atoms with E-state index in [-0.39, 0.29) is 35.6 Å². The molecule has 4 aliphatic rings. The number of carbonyl (C=O) groups is 5. The van der Waals surface area contributed by atoms with Crippen molar-refractivity contribution in [1.82, 2.24) is 40.0 Å². The van der Waals surface area contributed by atoms with Gasteiger partial charge in [-0.3, -0.25) is 43.6 Å². The van der Waals surface area contributed by atoms with E-state index in [0.717, 1.165) is 74.9 Å². The van der Waals surface area contributed by atoms with Gasteiger partial charge >= 0.3 is 0 Å². The Bertz CT molecular complexity index is 3950. The summed E-state index contributed by atoms with van der Waals surface area (Å²) in [4.78, 5) is 90.2. The SMILES string of the molecule is COc1ccc([C@@H](CCCNC(=O)c2cnoc2C)N2C(=O)c3cccc(N4CCN([C@H](C)c5ccccc5)CC4)c3C2=O)cc1OC.COc1ccc([C@@H](CCCNc2ncccn2)N2C(=O)c3cccc(N4CCN([C@H](C)c5ccccc5)CC4)c3C2=O)cc1OC. The lowest BCUT2D eigenvalue weighted by atomic mass is 9.99. The van der Waals surface area contributed by atoms with Gasteiger partial charge in [0.2, 0.25) is 5.95 Å². The minimum absolute atomic E-state index is 0.269. The highest BCUT2D eigenvalue weighted by molar-refractivity contribution is 6.25. The number of aryl methyl sites for hydroxylation is 1. The third-order valence-corrected chi connectivity index (χ3v) is 18.5. The van der Waals surface area contributed by atoms with Crippen molar-refractivity contribution in [2.45, 2.75) is 70.6 Å². The van der Waals surface area contributed by atoms with Crippen LogP contribution in [0.15, 0.2) is 163 Å². The summed E-state index contributed by atoms with van der Waals surface area (Å²) in [6, 6.07) is 44.4. The largest absolute Gasteiger partial charge is 0.493 e. The van der Waals surface area contributed by atoms with Gasteiger partial charge in [0, 0.05) is 89.9 Å². The fourth-order valence-corrected chi connectivity index (χ4v) is 13.3. The molecule has 21 heteroatoms. The molecule has 6 heterocycles. The van der Waals surface area contributed by atoms with E-state index >= 15 is 0 Å². The standard InChI is InChI=1S/C37H41N5O6.C36H40N6O4/c1-24(26-10-6-5-7-11-26)40-18-20-41(21-19-40)31-13-8-12-28-34(31)37(45)42(36(28)44)30(27-15-16-32(46-3)33(22-27)47-4)14-9-17-38-35(43)29-23-39-48-25(29)2;1-25(26-10-5-4-6-11-26)40-20-22-41(23-21-40)30-13-7-12-28-33(30)35(44)42(34(28)43)29(14-8-17-37-36-38-18-9-19-39-36)27-15-16-31(45-2)32(24-27)46-3/h5-8,10-13,15-16,22-24,30H,9,14,17-21H2,1-4H3,(H,38,43);4-7,9-13,15-16,18-19,24-25,29H,8,14,17,20-23H2,1-3H3,(H,37,38,39)/t24-,30-;25-,29-/m11/s1. The molecule has 0 spiro atoms. The van der Waals surface area contributed by atoms with Crippen molar-refractivity contribution in [3.05, 3.63) is 214 Å². The summed E-state index contributed by atoms with van der Waals surface area (Å²) in [5, 5.41) is 9.80. The Morgan fingerprint density at radius 2 is 0.957 bits per heavy atom. The number of hydrogen-bond donors (Lipinski definition) is 2. The van der Waals surface area contributed by atoms with Crippen LogP contribution in [0.2, 0.25) is 0 Å². The molecule has 0 bridgehead atoms. The number of rotatable bonds is 24. The summed E-state index contributed by atoms with van der Waals surface area (Å²) < 4.78 is 27.1. The summed E-state index contributed by atoms with van der Waals surface area (Å²) in [6.07, 6.45) is 6.86. The van der Waals surface area contributed by atoms with Gasteiger partial charge in [0.1, 0.15) is 11.3 Å². The van der Waals surface area contributed by atoms with Crippen LogP contribution in [-0.2, 0) is 0 Å². The van der Waals surface area contributed by atoms with Gasteiger partial charge in [-0.2, -0.15) is 0 Å². The first-order valence-electron chi connectivity index (χ1n) is 32.1. The highest BCUT2D eigenvalue weighted by Gasteiger charge is 2.45. The summed E-state index contributed by atoms with van der Waals surface area (Å²) >= 11 is 0.